The van der Waals surface area contributed by atoms with Crippen LogP contribution in [-0.2, 0) is 5.41 Å². The summed E-state index contributed by atoms with van der Waals surface area (Å²) in [7, 11) is 1.65. The number of fused-ring (bicyclic) bond motifs is 1. The van der Waals surface area contributed by atoms with Crippen molar-refractivity contribution < 1.29 is 4.74 Å². The van der Waals surface area contributed by atoms with Crippen LogP contribution in [-0.4, -0.2) is 12.1 Å². The second kappa shape index (κ2) is 4.70. The van der Waals surface area contributed by atoms with Crippen LogP contribution in [0.5, 0.6) is 5.75 Å². The van der Waals surface area contributed by atoms with Crippen LogP contribution in [0.15, 0.2) is 18.2 Å². The van der Waals surface area contributed by atoms with E-state index in [1.165, 1.54) is 0 Å². The molecule has 0 saturated heterocycles. The van der Waals surface area contributed by atoms with Crippen molar-refractivity contribution in [2.24, 2.45) is 5.84 Å². The van der Waals surface area contributed by atoms with Crippen LogP contribution >= 0.6 is 0 Å². The lowest BCUT2D eigenvalue weighted by atomic mass is 9.90. The Morgan fingerprint density at radius 1 is 1.26 bits per heavy atom. The maximum Gasteiger partial charge on any atom is 0.130 e. The number of nitrogens with two attached hydrogens (primary N) is 1. The number of ether oxygens (including phenoxy) is 1. The molecule has 0 spiro atoms. The molecule has 0 aliphatic heterocycles. The van der Waals surface area contributed by atoms with Crippen molar-refractivity contribution in [1.82, 2.24) is 4.98 Å². The van der Waals surface area contributed by atoms with Crippen molar-refractivity contribution >= 4 is 16.6 Å². The van der Waals surface area contributed by atoms with E-state index in [4.69, 9.17) is 15.6 Å². The van der Waals surface area contributed by atoms with Gasteiger partial charge in [-0.25, -0.2) is 0 Å². The molecule has 1 aromatic carbocycles. The molecule has 2 rings (SSSR count). The van der Waals surface area contributed by atoms with Gasteiger partial charge in [0.1, 0.15) is 5.75 Å². The molecule has 0 radical (unpaired) electrons. The van der Waals surface area contributed by atoms with Crippen molar-refractivity contribution in [1.29, 1.82) is 0 Å². The number of hydrazine groups is 1. The molecule has 1 aromatic heterocycles. The number of pyridine rings is 1. The molecule has 1 heterocycles. The number of nitrogen functional groups attached to an aromatic ring is 1. The number of methoxy groups -OCH3 is 1. The van der Waals surface area contributed by atoms with E-state index in [1.807, 2.05) is 25.1 Å². The maximum absolute atomic E-state index is 5.67. The summed E-state index contributed by atoms with van der Waals surface area (Å²) in [6, 6.07) is 5.95. The van der Waals surface area contributed by atoms with Crippen LogP contribution in [0.25, 0.3) is 10.9 Å². The number of anilines is 1. The van der Waals surface area contributed by atoms with Gasteiger partial charge < -0.3 is 10.2 Å². The predicted octanol–water partition coefficient (Wildman–Crippen LogP) is 3.13. The largest absolute Gasteiger partial charge is 0.496 e. The van der Waals surface area contributed by atoms with Gasteiger partial charge in [0, 0.05) is 11.1 Å². The van der Waals surface area contributed by atoms with Crippen LogP contribution in [0.4, 0.5) is 5.69 Å². The third-order valence-corrected chi connectivity index (χ3v) is 3.27. The number of aromatic nitrogens is 1. The van der Waals surface area contributed by atoms with E-state index in [0.717, 1.165) is 33.6 Å². The lowest BCUT2D eigenvalue weighted by Crippen LogP contribution is -2.16. The molecule has 102 valence electrons. The second-order valence-electron chi connectivity index (χ2n) is 5.76. The summed E-state index contributed by atoms with van der Waals surface area (Å²) >= 11 is 0. The Morgan fingerprint density at radius 2 is 1.95 bits per heavy atom. The Bertz CT molecular complexity index is 615. The number of hydrogen-bond donors (Lipinski definition) is 2. The fourth-order valence-corrected chi connectivity index (χ4v) is 2.11. The van der Waals surface area contributed by atoms with Crippen molar-refractivity contribution in [2.45, 2.75) is 33.1 Å². The van der Waals surface area contributed by atoms with E-state index < -0.39 is 0 Å². The minimum Gasteiger partial charge on any atom is -0.496 e. The van der Waals surface area contributed by atoms with E-state index in [-0.39, 0.29) is 5.41 Å². The number of hydrogen-bond acceptors (Lipinski definition) is 4. The van der Waals surface area contributed by atoms with E-state index >= 15 is 0 Å². The minimum atomic E-state index is -0.0324. The van der Waals surface area contributed by atoms with Gasteiger partial charge in [0.05, 0.1) is 23.7 Å². The van der Waals surface area contributed by atoms with Gasteiger partial charge in [-0.3, -0.25) is 10.8 Å². The predicted molar refractivity (Wildman–Crippen MR) is 79.5 cm³/mol. The zero-order valence-corrected chi connectivity index (χ0v) is 12.2. The topological polar surface area (TPSA) is 60.2 Å². The van der Waals surface area contributed by atoms with Crippen molar-refractivity contribution in [3.8, 4) is 5.75 Å². The lowest BCUT2D eigenvalue weighted by Gasteiger charge is -2.21. The molecule has 0 amide bonds. The van der Waals surface area contributed by atoms with Gasteiger partial charge in [-0.05, 0) is 24.6 Å². The van der Waals surface area contributed by atoms with Gasteiger partial charge in [-0.2, -0.15) is 0 Å². The highest BCUT2D eigenvalue weighted by Gasteiger charge is 2.20. The smallest absolute Gasteiger partial charge is 0.130 e. The molecule has 0 unspecified atom stereocenters. The number of nitrogens with one attached hydrogen (secondary N) is 1. The summed E-state index contributed by atoms with van der Waals surface area (Å²) in [6.07, 6.45) is 0. The highest BCUT2D eigenvalue weighted by atomic mass is 16.5. The molecular formula is C15H21N3O. The molecule has 4 heteroatoms. The zero-order chi connectivity index (χ0) is 14.2. The quantitative estimate of drug-likeness (QED) is 0.642. The molecule has 2 aromatic rings. The number of nitrogens with zero attached hydrogens (tertiary/aromatic N) is 1. The first-order valence-corrected chi connectivity index (χ1v) is 6.34. The van der Waals surface area contributed by atoms with Gasteiger partial charge >= 0.3 is 0 Å². The Morgan fingerprint density at radius 3 is 2.47 bits per heavy atom. The third-order valence-electron chi connectivity index (χ3n) is 3.27. The minimum absolute atomic E-state index is 0.0324. The first kappa shape index (κ1) is 13.6. The van der Waals surface area contributed by atoms with Gasteiger partial charge in [-0.1, -0.05) is 26.8 Å². The molecule has 0 aliphatic rings. The first-order chi connectivity index (χ1) is 8.88. The Labute approximate surface area is 113 Å². The number of benzene rings is 1. The Balaban J connectivity index is 2.88. The SMILES string of the molecule is COc1ccc(C)c2nc(C(C)(C)C)cc(NN)c12. The van der Waals surface area contributed by atoms with Crippen LogP contribution in [0.3, 0.4) is 0 Å². The van der Waals surface area contributed by atoms with Crippen molar-refractivity contribution in [3.05, 3.63) is 29.5 Å². The third kappa shape index (κ3) is 2.36. The van der Waals surface area contributed by atoms with Gasteiger partial charge in [0.2, 0.25) is 0 Å². The second-order valence-corrected chi connectivity index (χ2v) is 5.76. The van der Waals surface area contributed by atoms with Gasteiger partial charge in [-0.15, -0.1) is 0 Å². The molecule has 0 aliphatic carbocycles. The summed E-state index contributed by atoms with van der Waals surface area (Å²) in [5.74, 6) is 6.45. The molecule has 19 heavy (non-hydrogen) atoms. The summed E-state index contributed by atoms with van der Waals surface area (Å²) in [5.41, 5.74) is 6.62. The summed E-state index contributed by atoms with van der Waals surface area (Å²) < 4.78 is 5.41. The molecule has 0 atom stereocenters. The fraction of sp³-hybridized carbons (Fsp3) is 0.400. The van der Waals surface area contributed by atoms with Crippen molar-refractivity contribution in [3.63, 3.8) is 0 Å². The van der Waals surface area contributed by atoms with Crippen LogP contribution in [0, 0.1) is 6.92 Å². The fourth-order valence-electron chi connectivity index (χ4n) is 2.11. The molecular weight excluding hydrogens is 238 g/mol. The molecule has 0 saturated carbocycles. The Kier molecular flexibility index (Phi) is 3.37. The summed E-state index contributed by atoms with van der Waals surface area (Å²) in [6.45, 7) is 8.45. The van der Waals surface area contributed by atoms with Crippen LogP contribution < -0.4 is 16.0 Å². The molecule has 0 fully saturated rings. The zero-order valence-electron chi connectivity index (χ0n) is 12.2. The van der Waals surface area contributed by atoms with Gasteiger partial charge in [0.25, 0.3) is 0 Å². The standard InChI is InChI=1S/C15H21N3O/c1-9-6-7-11(19-5)13-10(18-16)8-12(15(2,3)4)17-14(9)13/h6-8H,16H2,1-5H3,(H,17,18). The number of aryl methyl sites for hydroxylation is 1. The van der Waals surface area contributed by atoms with E-state index in [1.54, 1.807) is 7.11 Å². The normalized spacial score (nSPS) is 11.7. The summed E-state index contributed by atoms with van der Waals surface area (Å²) in [5, 5.41) is 0.929. The highest BCUT2D eigenvalue weighted by molar-refractivity contribution is 5.98. The number of rotatable bonds is 2. The molecule has 0 bridgehead atoms. The molecule has 4 nitrogen and oxygen atoms in total. The summed E-state index contributed by atoms with van der Waals surface area (Å²) in [4.78, 5) is 4.79. The highest BCUT2D eigenvalue weighted by Crippen LogP contribution is 2.35. The van der Waals surface area contributed by atoms with E-state index in [9.17, 15) is 0 Å². The van der Waals surface area contributed by atoms with E-state index in [2.05, 4.69) is 26.2 Å². The average molecular weight is 259 g/mol. The molecule has 3 N–H and O–H groups in total. The maximum atomic E-state index is 5.67. The van der Waals surface area contributed by atoms with Gasteiger partial charge in [0.15, 0.2) is 0 Å². The van der Waals surface area contributed by atoms with Crippen molar-refractivity contribution in [2.75, 3.05) is 12.5 Å². The van der Waals surface area contributed by atoms with E-state index in [0.29, 0.717) is 0 Å². The average Bonchev–Trinajstić information content (AvgIpc) is 2.37. The Hall–Kier alpha value is -1.81. The first-order valence-electron chi connectivity index (χ1n) is 6.34. The lowest BCUT2D eigenvalue weighted by molar-refractivity contribution is 0.419. The monoisotopic (exact) mass is 259 g/mol. The van der Waals surface area contributed by atoms with Crippen LogP contribution in [0.2, 0.25) is 0 Å². The van der Waals surface area contributed by atoms with Crippen LogP contribution in [0.1, 0.15) is 32.0 Å².